The molecular weight excluding hydrogens is 336 g/mol. The summed E-state index contributed by atoms with van der Waals surface area (Å²) in [6, 6.07) is 17.7. The monoisotopic (exact) mass is 350 g/mol. The third-order valence-corrected chi connectivity index (χ3v) is 5.35. The second-order valence-corrected chi connectivity index (χ2v) is 6.71. The average Bonchev–Trinajstić information content (AvgIpc) is 2.62. The van der Waals surface area contributed by atoms with Crippen molar-refractivity contribution in [2.24, 2.45) is 0 Å². The number of hydrogen-bond acceptors (Lipinski definition) is 5. The first-order valence-corrected chi connectivity index (χ1v) is 8.43. The van der Waals surface area contributed by atoms with Gasteiger partial charge in [-0.15, -0.1) is 0 Å². The molecule has 0 unspecified atom stereocenters. The van der Waals surface area contributed by atoms with Crippen molar-refractivity contribution in [3.63, 3.8) is 0 Å². The maximum Gasteiger partial charge on any atom is 0.172 e. The highest BCUT2D eigenvalue weighted by molar-refractivity contribution is 8.00. The molecule has 0 radical (unpaired) electrons. The van der Waals surface area contributed by atoms with Crippen molar-refractivity contribution in [3.05, 3.63) is 60.7 Å². The first-order valence-electron chi connectivity index (χ1n) is 7.61. The summed E-state index contributed by atoms with van der Waals surface area (Å²) in [6.07, 6.45) is 0. The van der Waals surface area contributed by atoms with Crippen molar-refractivity contribution in [2.45, 2.75) is 9.79 Å². The molecule has 0 aliphatic carbocycles. The molecule has 0 heterocycles. The van der Waals surface area contributed by atoms with Gasteiger partial charge in [0.15, 0.2) is 23.0 Å². The van der Waals surface area contributed by atoms with Crippen LogP contribution in [0.15, 0.2) is 70.5 Å². The van der Waals surface area contributed by atoms with Gasteiger partial charge in [0.25, 0.3) is 0 Å². The highest BCUT2D eigenvalue weighted by Crippen LogP contribution is 2.50. The summed E-state index contributed by atoms with van der Waals surface area (Å²) in [5, 5.41) is 43.9. The zero-order chi connectivity index (χ0) is 17.6. The van der Waals surface area contributed by atoms with Crippen LogP contribution < -0.4 is 0 Å². The second kappa shape index (κ2) is 5.79. The van der Waals surface area contributed by atoms with E-state index in [0.29, 0.717) is 9.79 Å². The van der Waals surface area contributed by atoms with E-state index in [-0.39, 0.29) is 23.0 Å². The van der Waals surface area contributed by atoms with Crippen molar-refractivity contribution >= 4 is 33.3 Å². The molecule has 0 aromatic heterocycles. The Bertz CT molecular complexity index is 1030. The van der Waals surface area contributed by atoms with E-state index in [1.165, 1.54) is 12.1 Å². The largest absolute Gasteiger partial charge is 0.504 e. The van der Waals surface area contributed by atoms with E-state index >= 15 is 0 Å². The molecule has 0 bridgehead atoms. The third-order valence-electron chi connectivity index (χ3n) is 4.11. The minimum Gasteiger partial charge on any atom is -0.504 e. The van der Waals surface area contributed by atoms with Gasteiger partial charge in [0.1, 0.15) is 0 Å². The van der Waals surface area contributed by atoms with Crippen LogP contribution in [0.3, 0.4) is 0 Å². The van der Waals surface area contributed by atoms with Gasteiger partial charge in [-0.1, -0.05) is 60.3 Å². The van der Waals surface area contributed by atoms with Crippen molar-refractivity contribution in [2.75, 3.05) is 0 Å². The Labute approximate surface area is 147 Å². The predicted molar refractivity (Wildman–Crippen MR) is 98.7 cm³/mol. The molecule has 4 aromatic rings. The molecule has 4 N–H and O–H groups in total. The van der Waals surface area contributed by atoms with Gasteiger partial charge < -0.3 is 20.4 Å². The van der Waals surface area contributed by atoms with E-state index in [4.69, 9.17) is 0 Å². The van der Waals surface area contributed by atoms with Gasteiger partial charge in [-0.2, -0.15) is 0 Å². The smallest absolute Gasteiger partial charge is 0.172 e. The lowest BCUT2D eigenvalue weighted by molar-refractivity contribution is 0.394. The van der Waals surface area contributed by atoms with E-state index in [1.54, 1.807) is 0 Å². The quantitative estimate of drug-likeness (QED) is 0.384. The first kappa shape index (κ1) is 15.5. The van der Waals surface area contributed by atoms with Gasteiger partial charge in [-0.05, 0) is 33.7 Å². The normalized spacial score (nSPS) is 11.2. The van der Waals surface area contributed by atoms with Crippen LogP contribution in [0.1, 0.15) is 0 Å². The molecule has 0 atom stereocenters. The van der Waals surface area contributed by atoms with Crippen LogP contribution >= 0.6 is 11.8 Å². The Kier molecular flexibility index (Phi) is 3.58. The van der Waals surface area contributed by atoms with Crippen LogP contribution in [0.25, 0.3) is 21.5 Å². The summed E-state index contributed by atoms with van der Waals surface area (Å²) >= 11 is 1.11. The SMILES string of the molecule is Oc1cc2ccccc2c(Sc2c(O)c(O)cc3ccccc23)c1O. The number of hydrogen-bond donors (Lipinski definition) is 4. The van der Waals surface area contributed by atoms with E-state index in [9.17, 15) is 20.4 Å². The summed E-state index contributed by atoms with van der Waals surface area (Å²) in [6.45, 7) is 0. The lowest BCUT2D eigenvalue weighted by Crippen LogP contribution is -1.85. The summed E-state index contributed by atoms with van der Waals surface area (Å²) in [5.41, 5.74) is 0. The Morgan fingerprint density at radius 3 is 1.40 bits per heavy atom. The van der Waals surface area contributed by atoms with Crippen molar-refractivity contribution in [3.8, 4) is 23.0 Å². The Morgan fingerprint density at radius 2 is 0.960 bits per heavy atom. The zero-order valence-electron chi connectivity index (χ0n) is 13.0. The van der Waals surface area contributed by atoms with Crippen LogP contribution in [0.4, 0.5) is 0 Å². The fourth-order valence-electron chi connectivity index (χ4n) is 2.89. The van der Waals surface area contributed by atoms with Gasteiger partial charge in [-0.25, -0.2) is 0 Å². The minimum absolute atomic E-state index is 0.231. The highest BCUT2D eigenvalue weighted by atomic mass is 32.2. The Hall–Kier alpha value is -3.05. The molecule has 4 nitrogen and oxygen atoms in total. The van der Waals surface area contributed by atoms with Crippen LogP contribution in [0, 0.1) is 0 Å². The van der Waals surface area contributed by atoms with Gasteiger partial charge >= 0.3 is 0 Å². The third kappa shape index (κ3) is 2.49. The topological polar surface area (TPSA) is 80.9 Å². The van der Waals surface area contributed by atoms with E-state index in [1.807, 2.05) is 48.5 Å². The number of phenols is 4. The zero-order valence-corrected chi connectivity index (χ0v) is 13.8. The molecule has 0 aliphatic rings. The van der Waals surface area contributed by atoms with Crippen molar-refractivity contribution in [1.82, 2.24) is 0 Å². The number of fused-ring (bicyclic) bond motifs is 2. The molecular formula is C20H14O4S. The Balaban J connectivity index is 2.01. The van der Waals surface area contributed by atoms with Crippen LogP contribution in [-0.2, 0) is 0 Å². The number of phenolic OH excluding ortho intramolecular Hbond substituents is 4. The summed E-state index contributed by atoms with van der Waals surface area (Å²) in [5.74, 6) is -0.971. The Morgan fingerprint density at radius 1 is 0.560 bits per heavy atom. The standard InChI is InChI=1S/C20H14O4S/c21-15-9-11-5-1-3-7-13(11)19(17(15)23)25-20-14-8-4-2-6-12(14)10-16(22)18(20)24/h1-10,21-24H. The summed E-state index contributed by atoms with van der Waals surface area (Å²) in [4.78, 5) is 0.836. The maximum absolute atomic E-state index is 10.4. The van der Waals surface area contributed by atoms with Gasteiger partial charge in [0.2, 0.25) is 0 Å². The lowest BCUT2D eigenvalue weighted by Gasteiger charge is -2.14. The molecule has 4 rings (SSSR count). The first-order chi connectivity index (χ1) is 12.1. The fourth-order valence-corrected chi connectivity index (χ4v) is 4.09. The van der Waals surface area contributed by atoms with Crippen LogP contribution in [0.2, 0.25) is 0 Å². The predicted octanol–water partition coefficient (Wildman–Crippen LogP) is 4.97. The summed E-state index contributed by atoms with van der Waals surface area (Å²) in [7, 11) is 0. The van der Waals surface area contributed by atoms with E-state index < -0.39 is 0 Å². The number of rotatable bonds is 2. The van der Waals surface area contributed by atoms with Crippen molar-refractivity contribution in [1.29, 1.82) is 0 Å². The molecule has 25 heavy (non-hydrogen) atoms. The molecule has 0 aliphatic heterocycles. The highest BCUT2D eigenvalue weighted by Gasteiger charge is 2.19. The second-order valence-electron chi connectivity index (χ2n) is 5.69. The summed E-state index contributed by atoms with van der Waals surface area (Å²) < 4.78 is 0. The average molecular weight is 350 g/mol. The van der Waals surface area contributed by atoms with Gasteiger partial charge in [-0.3, -0.25) is 0 Å². The lowest BCUT2D eigenvalue weighted by atomic mass is 10.1. The van der Waals surface area contributed by atoms with Crippen LogP contribution in [0.5, 0.6) is 23.0 Å². The number of aromatic hydroxyl groups is 4. The van der Waals surface area contributed by atoms with Crippen molar-refractivity contribution < 1.29 is 20.4 Å². The molecule has 0 spiro atoms. The molecule has 0 saturated carbocycles. The number of benzene rings is 4. The molecule has 0 saturated heterocycles. The molecule has 5 heteroatoms. The molecule has 4 aromatic carbocycles. The van der Waals surface area contributed by atoms with Gasteiger partial charge in [0, 0.05) is 0 Å². The maximum atomic E-state index is 10.4. The molecule has 0 amide bonds. The van der Waals surface area contributed by atoms with Crippen LogP contribution in [-0.4, -0.2) is 20.4 Å². The minimum atomic E-state index is -0.254. The fraction of sp³-hybridized carbons (Fsp3) is 0. The van der Waals surface area contributed by atoms with Gasteiger partial charge in [0.05, 0.1) is 9.79 Å². The molecule has 124 valence electrons. The van der Waals surface area contributed by atoms with E-state index in [0.717, 1.165) is 33.3 Å². The molecule has 0 fully saturated rings. The van der Waals surface area contributed by atoms with E-state index in [2.05, 4.69) is 0 Å².